The normalized spacial score (nSPS) is 12.6. The Bertz CT molecular complexity index is 900. The van der Waals surface area contributed by atoms with Gasteiger partial charge in [0.25, 0.3) is 11.8 Å². The number of ether oxygens (including phenoxy) is 3. The third-order valence-electron chi connectivity index (χ3n) is 4.81. The standard InChI is InChI=1S/C21H25N3O5/c1-27-17-11-10-15(19(28-2)20(17)29-3)21(26)23-22-18(25)13-24-12-6-8-14-7-4-5-9-16(14)24/h4-5,7,9-11H,6,8,12-13H2,1-3H3,(H,22,25)(H,23,26). The minimum Gasteiger partial charge on any atom is -0.493 e. The number of benzene rings is 2. The van der Waals surface area contributed by atoms with Crippen LogP contribution in [0.5, 0.6) is 17.2 Å². The van der Waals surface area contributed by atoms with Crippen molar-refractivity contribution in [2.24, 2.45) is 0 Å². The quantitative estimate of drug-likeness (QED) is 0.722. The van der Waals surface area contributed by atoms with E-state index < -0.39 is 5.91 Å². The first kappa shape index (κ1) is 20.3. The van der Waals surface area contributed by atoms with E-state index in [0.717, 1.165) is 25.1 Å². The number of carbonyl (C=O) groups excluding carboxylic acids is 2. The van der Waals surface area contributed by atoms with Crippen LogP contribution in [0, 0.1) is 0 Å². The zero-order chi connectivity index (χ0) is 20.8. The number of nitrogens with one attached hydrogen (secondary N) is 2. The molecule has 0 unspecified atom stereocenters. The van der Waals surface area contributed by atoms with Crippen molar-refractivity contribution < 1.29 is 23.8 Å². The monoisotopic (exact) mass is 399 g/mol. The summed E-state index contributed by atoms with van der Waals surface area (Å²) in [4.78, 5) is 27.0. The van der Waals surface area contributed by atoms with E-state index in [2.05, 4.69) is 16.9 Å². The number of methoxy groups -OCH3 is 3. The van der Waals surface area contributed by atoms with Gasteiger partial charge in [-0.05, 0) is 36.6 Å². The summed E-state index contributed by atoms with van der Waals surface area (Å²) in [6.07, 6.45) is 1.99. The number of para-hydroxylation sites is 1. The summed E-state index contributed by atoms with van der Waals surface area (Å²) in [5.41, 5.74) is 7.40. The predicted molar refractivity (Wildman–Crippen MR) is 109 cm³/mol. The molecule has 1 aliphatic rings. The number of hydrogen-bond donors (Lipinski definition) is 2. The van der Waals surface area contributed by atoms with Crippen LogP contribution in [-0.2, 0) is 11.2 Å². The Hall–Kier alpha value is -3.42. The summed E-state index contributed by atoms with van der Waals surface area (Å²) >= 11 is 0. The van der Waals surface area contributed by atoms with Crippen LogP contribution < -0.4 is 30.0 Å². The van der Waals surface area contributed by atoms with Crippen LogP contribution in [0.2, 0.25) is 0 Å². The van der Waals surface area contributed by atoms with Gasteiger partial charge >= 0.3 is 0 Å². The largest absolute Gasteiger partial charge is 0.493 e. The second-order valence-corrected chi connectivity index (χ2v) is 6.54. The van der Waals surface area contributed by atoms with Crippen molar-refractivity contribution in [1.82, 2.24) is 10.9 Å². The molecule has 2 N–H and O–H groups in total. The zero-order valence-electron chi connectivity index (χ0n) is 16.8. The van der Waals surface area contributed by atoms with Gasteiger partial charge in [0.15, 0.2) is 11.5 Å². The van der Waals surface area contributed by atoms with Gasteiger partial charge in [0.1, 0.15) is 0 Å². The molecule has 0 aliphatic carbocycles. The third kappa shape index (κ3) is 4.37. The van der Waals surface area contributed by atoms with Crippen LogP contribution in [0.25, 0.3) is 0 Å². The van der Waals surface area contributed by atoms with E-state index in [9.17, 15) is 9.59 Å². The highest BCUT2D eigenvalue weighted by Gasteiger charge is 2.22. The fraction of sp³-hybridized carbons (Fsp3) is 0.333. The fourth-order valence-corrected chi connectivity index (χ4v) is 3.46. The van der Waals surface area contributed by atoms with E-state index in [-0.39, 0.29) is 23.8 Å². The topological polar surface area (TPSA) is 89.1 Å². The number of nitrogens with zero attached hydrogens (tertiary/aromatic N) is 1. The van der Waals surface area contributed by atoms with Crippen molar-refractivity contribution in [1.29, 1.82) is 0 Å². The number of aryl methyl sites for hydroxylation is 1. The Morgan fingerprint density at radius 1 is 0.966 bits per heavy atom. The van der Waals surface area contributed by atoms with Crippen molar-refractivity contribution in [2.75, 3.05) is 39.3 Å². The Kier molecular flexibility index (Phi) is 6.43. The van der Waals surface area contributed by atoms with E-state index in [1.165, 1.54) is 26.9 Å². The molecule has 29 heavy (non-hydrogen) atoms. The van der Waals surface area contributed by atoms with Gasteiger partial charge in [-0.3, -0.25) is 20.4 Å². The van der Waals surface area contributed by atoms with Crippen molar-refractivity contribution in [3.05, 3.63) is 47.5 Å². The van der Waals surface area contributed by atoms with Crippen LogP contribution in [-0.4, -0.2) is 46.2 Å². The second-order valence-electron chi connectivity index (χ2n) is 6.54. The van der Waals surface area contributed by atoms with Gasteiger partial charge in [0.2, 0.25) is 5.75 Å². The van der Waals surface area contributed by atoms with E-state index in [0.29, 0.717) is 11.5 Å². The van der Waals surface area contributed by atoms with Crippen LogP contribution in [0.4, 0.5) is 5.69 Å². The van der Waals surface area contributed by atoms with Gasteiger partial charge in [-0.25, -0.2) is 0 Å². The molecule has 154 valence electrons. The van der Waals surface area contributed by atoms with Crippen LogP contribution in [0.15, 0.2) is 36.4 Å². The molecule has 1 aliphatic heterocycles. The molecule has 2 amide bonds. The van der Waals surface area contributed by atoms with E-state index in [4.69, 9.17) is 14.2 Å². The Morgan fingerprint density at radius 2 is 1.72 bits per heavy atom. The molecule has 0 saturated heterocycles. The van der Waals surface area contributed by atoms with Crippen LogP contribution >= 0.6 is 0 Å². The van der Waals surface area contributed by atoms with Crippen molar-refractivity contribution in [3.63, 3.8) is 0 Å². The van der Waals surface area contributed by atoms with Gasteiger partial charge in [-0.15, -0.1) is 0 Å². The SMILES string of the molecule is COc1ccc(C(=O)NNC(=O)CN2CCCc3ccccc32)c(OC)c1OC. The van der Waals surface area contributed by atoms with Gasteiger partial charge in [0, 0.05) is 12.2 Å². The van der Waals surface area contributed by atoms with E-state index in [1.54, 1.807) is 12.1 Å². The maximum Gasteiger partial charge on any atom is 0.273 e. The number of amides is 2. The lowest BCUT2D eigenvalue weighted by Crippen LogP contribution is -2.47. The molecule has 0 spiro atoms. The number of carbonyl (C=O) groups is 2. The Balaban J connectivity index is 1.65. The molecular formula is C21H25N3O5. The van der Waals surface area contributed by atoms with Crippen LogP contribution in [0.3, 0.4) is 0 Å². The van der Waals surface area contributed by atoms with Crippen LogP contribution in [0.1, 0.15) is 22.3 Å². The highest BCUT2D eigenvalue weighted by molar-refractivity contribution is 5.99. The smallest absolute Gasteiger partial charge is 0.273 e. The first-order chi connectivity index (χ1) is 14.1. The second kappa shape index (κ2) is 9.18. The molecular weight excluding hydrogens is 374 g/mol. The molecule has 8 nitrogen and oxygen atoms in total. The zero-order valence-corrected chi connectivity index (χ0v) is 16.8. The maximum absolute atomic E-state index is 12.6. The Morgan fingerprint density at radius 3 is 2.45 bits per heavy atom. The minimum absolute atomic E-state index is 0.153. The first-order valence-electron chi connectivity index (χ1n) is 9.30. The molecule has 0 atom stereocenters. The highest BCUT2D eigenvalue weighted by atomic mass is 16.5. The molecule has 3 rings (SSSR count). The summed E-state index contributed by atoms with van der Waals surface area (Å²) in [7, 11) is 4.39. The summed E-state index contributed by atoms with van der Waals surface area (Å²) in [6.45, 7) is 0.947. The average Bonchev–Trinajstić information content (AvgIpc) is 2.76. The summed E-state index contributed by atoms with van der Waals surface area (Å²) in [5, 5.41) is 0. The first-order valence-corrected chi connectivity index (χ1v) is 9.30. The lowest BCUT2D eigenvalue weighted by atomic mass is 10.0. The number of anilines is 1. The minimum atomic E-state index is -0.518. The van der Waals surface area contributed by atoms with Crippen molar-refractivity contribution in [2.45, 2.75) is 12.8 Å². The lowest BCUT2D eigenvalue weighted by molar-refractivity contribution is -0.120. The average molecular weight is 399 g/mol. The van der Waals surface area contributed by atoms with Gasteiger partial charge < -0.3 is 19.1 Å². The lowest BCUT2D eigenvalue weighted by Gasteiger charge is -2.30. The number of hydrazine groups is 1. The van der Waals surface area contributed by atoms with E-state index >= 15 is 0 Å². The van der Waals surface area contributed by atoms with Gasteiger partial charge in [-0.2, -0.15) is 0 Å². The summed E-state index contributed by atoms with van der Waals surface area (Å²) in [5.74, 6) is 0.140. The third-order valence-corrected chi connectivity index (χ3v) is 4.81. The number of hydrogen-bond acceptors (Lipinski definition) is 6. The molecule has 2 aromatic rings. The Labute approximate surface area is 169 Å². The summed E-state index contributed by atoms with van der Waals surface area (Å²) < 4.78 is 15.8. The number of fused-ring (bicyclic) bond motifs is 1. The predicted octanol–water partition coefficient (Wildman–Crippen LogP) is 1.93. The molecule has 2 aromatic carbocycles. The van der Waals surface area contributed by atoms with Crippen molar-refractivity contribution >= 4 is 17.5 Å². The number of rotatable bonds is 6. The molecule has 0 bridgehead atoms. The maximum atomic E-state index is 12.6. The van der Waals surface area contributed by atoms with E-state index in [1.807, 2.05) is 23.1 Å². The molecule has 0 fully saturated rings. The summed E-state index contributed by atoms with van der Waals surface area (Å²) in [6, 6.07) is 11.2. The molecule has 1 heterocycles. The molecule has 8 heteroatoms. The molecule has 0 saturated carbocycles. The highest BCUT2D eigenvalue weighted by Crippen LogP contribution is 2.39. The van der Waals surface area contributed by atoms with Crippen molar-refractivity contribution in [3.8, 4) is 17.2 Å². The molecule has 0 radical (unpaired) electrons. The fourth-order valence-electron chi connectivity index (χ4n) is 3.46. The van der Waals surface area contributed by atoms with Gasteiger partial charge in [-0.1, -0.05) is 18.2 Å². The van der Waals surface area contributed by atoms with Gasteiger partial charge in [0.05, 0.1) is 33.4 Å². The molecule has 0 aromatic heterocycles.